The molecule has 0 spiro atoms. The number of aryl methyl sites for hydroxylation is 1. The molecule has 0 atom stereocenters. The van der Waals surface area contributed by atoms with Crippen molar-refractivity contribution in [3.05, 3.63) is 35.8 Å². The number of hydrogen-bond acceptors (Lipinski definition) is 2. The summed E-state index contributed by atoms with van der Waals surface area (Å²) in [4.78, 5) is 17.6. The maximum Gasteiger partial charge on any atom is 0.226 e. The number of nitrogens with one attached hydrogen (secondary N) is 1. The number of rotatable bonds is 3. The predicted octanol–water partition coefficient (Wildman–Crippen LogP) is 3.48. The Labute approximate surface area is 142 Å². The molecule has 2 aromatic heterocycles. The van der Waals surface area contributed by atoms with Gasteiger partial charge in [-0.15, -0.1) is 0 Å². The molecule has 0 unspecified atom stereocenters. The van der Waals surface area contributed by atoms with Crippen LogP contribution in [-0.2, 0) is 11.3 Å². The lowest BCUT2D eigenvalue weighted by Crippen LogP contribution is -2.53. The SMILES string of the molecule is Cc1cccc2nc(CNC(=O)C34CC5CC(CC(C5)C3)C4)cn12. The van der Waals surface area contributed by atoms with E-state index in [1.807, 2.05) is 18.3 Å². The molecule has 126 valence electrons. The number of imidazole rings is 1. The monoisotopic (exact) mass is 323 g/mol. The lowest BCUT2D eigenvalue weighted by atomic mass is 9.49. The van der Waals surface area contributed by atoms with Crippen molar-refractivity contribution in [1.29, 1.82) is 0 Å². The van der Waals surface area contributed by atoms with Gasteiger partial charge in [-0.25, -0.2) is 4.98 Å². The highest BCUT2D eigenvalue weighted by Gasteiger charge is 2.54. The van der Waals surface area contributed by atoms with Crippen molar-refractivity contribution in [3.8, 4) is 0 Å². The molecule has 2 heterocycles. The Morgan fingerprint density at radius 2 is 1.88 bits per heavy atom. The predicted molar refractivity (Wildman–Crippen MR) is 92.4 cm³/mol. The molecule has 4 fully saturated rings. The molecule has 0 radical (unpaired) electrons. The number of nitrogens with zero attached hydrogens (tertiary/aromatic N) is 2. The largest absolute Gasteiger partial charge is 0.350 e. The van der Waals surface area contributed by atoms with Crippen LogP contribution in [0.3, 0.4) is 0 Å². The summed E-state index contributed by atoms with van der Waals surface area (Å²) >= 11 is 0. The van der Waals surface area contributed by atoms with Crippen molar-refractivity contribution in [3.63, 3.8) is 0 Å². The third-order valence-corrected chi connectivity index (χ3v) is 6.70. The van der Waals surface area contributed by atoms with Gasteiger partial charge in [0, 0.05) is 17.3 Å². The normalized spacial score (nSPS) is 34.0. The van der Waals surface area contributed by atoms with Crippen LogP contribution in [0.15, 0.2) is 24.4 Å². The second-order valence-corrected chi connectivity index (χ2v) is 8.51. The third-order valence-electron chi connectivity index (χ3n) is 6.70. The molecular weight excluding hydrogens is 298 g/mol. The Hall–Kier alpha value is -1.84. The molecule has 0 aliphatic heterocycles. The quantitative estimate of drug-likeness (QED) is 0.940. The maximum atomic E-state index is 13.0. The highest BCUT2D eigenvalue weighted by Crippen LogP contribution is 2.60. The first-order chi connectivity index (χ1) is 11.6. The van der Waals surface area contributed by atoms with E-state index in [2.05, 4.69) is 27.7 Å². The van der Waals surface area contributed by atoms with Crippen molar-refractivity contribution in [1.82, 2.24) is 14.7 Å². The third kappa shape index (κ3) is 2.19. The fourth-order valence-electron chi connectivity index (χ4n) is 6.03. The smallest absolute Gasteiger partial charge is 0.226 e. The minimum Gasteiger partial charge on any atom is -0.350 e. The van der Waals surface area contributed by atoms with Crippen LogP contribution in [0.2, 0.25) is 0 Å². The minimum absolute atomic E-state index is 0.0656. The molecule has 6 rings (SSSR count). The van der Waals surface area contributed by atoms with E-state index >= 15 is 0 Å². The topological polar surface area (TPSA) is 46.4 Å². The van der Waals surface area contributed by atoms with Gasteiger partial charge in [-0.3, -0.25) is 4.79 Å². The molecule has 4 heteroatoms. The van der Waals surface area contributed by atoms with Crippen LogP contribution in [0.25, 0.3) is 5.65 Å². The van der Waals surface area contributed by atoms with Crippen LogP contribution in [0.4, 0.5) is 0 Å². The minimum atomic E-state index is -0.0656. The van der Waals surface area contributed by atoms with Gasteiger partial charge in [0.05, 0.1) is 12.2 Å². The number of aromatic nitrogens is 2. The van der Waals surface area contributed by atoms with Crippen LogP contribution in [-0.4, -0.2) is 15.3 Å². The molecule has 4 aliphatic carbocycles. The Morgan fingerprint density at radius 3 is 2.50 bits per heavy atom. The van der Waals surface area contributed by atoms with Crippen molar-refractivity contribution in [2.45, 2.75) is 52.0 Å². The first-order valence-electron chi connectivity index (χ1n) is 9.33. The van der Waals surface area contributed by atoms with E-state index in [0.29, 0.717) is 6.54 Å². The zero-order chi connectivity index (χ0) is 16.3. The van der Waals surface area contributed by atoms with E-state index in [4.69, 9.17) is 0 Å². The molecular formula is C20H25N3O. The summed E-state index contributed by atoms with van der Waals surface area (Å²) in [5.41, 5.74) is 3.00. The lowest BCUT2D eigenvalue weighted by Gasteiger charge is -2.55. The zero-order valence-corrected chi connectivity index (χ0v) is 14.3. The van der Waals surface area contributed by atoms with Crippen LogP contribution in [0.5, 0.6) is 0 Å². The number of carbonyl (C=O) groups excluding carboxylic acids is 1. The summed E-state index contributed by atoms with van der Waals surface area (Å²) in [7, 11) is 0. The van der Waals surface area contributed by atoms with E-state index in [-0.39, 0.29) is 11.3 Å². The molecule has 2 aromatic rings. The van der Waals surface area contributed by atoms with Gasteiger partial charge in [0.15, 0.2) is 0 Å². The van der Waals surface area contributed by atoms with Crippen molar-refractivity contribution < 1.29 is 4.79 Å². The van der Waals surface area contributed by atoms with E-state index in [1.165, 1.54) is 25.0 Å². The van der Waals surface area contributed by atoms with Crippen molar-refractivity contribution >= 4 is 11.6 Å². The van der Waals surface area contributed by atoms with Gasteiger partial charge in [-0.05, 0) is 75.3 Å². The molecule has 24 heavy (non-hydrogen) atoms. The standard InChI is InChI=1S/C20H25N3O/c1-13-3-2-4-18-22-17(12-23(13)18)11-21-19(24)20-8-14-5-15(9-20)7-16(6-14)10-20/h2-4,12,14-16H,5-11H2,1H3,(H,21,24). The molecule has 0 saturated heterocycles. The average Bonchev–Trinajstić information content (AvgIpc) is 2.96. The fourth-order valence-corrected chi connectivity index (χ4v) is 6.03. The summed E-state index contributed by atoms with van der Waals surface area (Å²) in [6.07, 6.45) is 9.53. The maximum absolute atomic E-state index is 13.0. The first kappa shape index (κ1) is 14.5. The van der Waals surface area contributed by atoms with Crippen molar-refractivity contribution in [2.75, 3.05) is 0 Å². The van der Waals surface area contributed by atoms with Crippen LogP contribution < -0.4 is 5.32 Å². The van der Waals surface area contributed by atoms with Gasteiger partial charge in [-0.2, -0.15) is 0 Å². The summed E-state index contributed by atoms with van der Waals surface area (Å²) < 4.78 is 2.09. The van der Waals surface area contributed by atoms with E-state index in [9.17, 15) is 4.79 Å². The average molecular weight is 323 g/mol. The molecule has 0 aromatic carbocycles. The second-order valence-electron chi connectivity index (χ2n) is 8.51. The van der Waals surface area contributed by atoms with Crippen LogP contribution in [0, 0.1) is 30.1 Å². The zero-order valence-electron chi connectivity index (χ0n) is 14.3. The van der Waals surface area contributed by atoms with Crippen LogP contribution >= 0.6 is 0 Å². The van der Waals surface area contributed by atoms with Crippen molar-refractivity contribution in [2.24, 2.45) is 23.2 Å². The van der Waals surface area contributed by atoms with Gasteiger partial charge in [-0.1, -0.05) is 6.07 Å². The lowest BCUT2D eigenvalue weighted by molar-refractivity contribution is -0.146. The molecule has 1 amide bonds. The summed E-state index contributed by atoms with van der Waals surface area (Å²) in [5, 5.41) is 3.22. The second kappa shape index (κ2) is 5.08. The number of fused-ring (bicyclic) bond motifs is 1. The van der Waals surface area contributed by atoms with E-state index in [1.54, 1.807) is 0 Å². The molecule has 1 N–H and O–H groups in total. The first-order valence-corrected chi connectivity index (χ1v) is 9.33. The van der Waals surface area contributed by atoms with Gasteiger partial charge in [0.1, 0.15) is 5.65 Å². The molecule has 4 nitrogen and oxygen atoms in total. The number of hydrogen-bond donors (Lipinski definition) is 1. The van der Waals surface area contributed by atoms with E-state index < -0.39 is 0 Å². The van der Waals surface area contributed by atoms with Gasteiger partial charge in [0.2, 0.25) is 5.91 Å². The summed E-state index contributed by atoms with van der Waals surface area (Å²) in [6, 6.07) is 6.11. The van der Waals surface area contributed by atoms with E-state index in [0.717, 1.165) is 48.4 Å². The molecule has 4 saturated carbocycles. The Morgan fingerprint density at radius 1 is 1.21 bits per heavy atom. The van der Waals surface area contributed by atoms with Gasteiger partial charge < -0.3 is 9.72 Å². The molecule has 4 aliphatic rings. The van der Waals surface area contributed by atoms with Gasteiger partial charge in [0.25, 0.3) is 0 Å². The summed E-state index contributed by atoms with van der Waals surface area (Å²) in [5.74, 6) is 2.70. The fraction of sp³-hybridized carbons (Fsp3) is 0.600. The Bertz CT molecular complexity index is 771. The Kier molecular flexibility index (Phi) is 3.07. The highest BCUT2D eigenvalue weighted by atomic mass is 16.2. The Balaban J connectivity index is 1.32. The number of pyridine rings is 1. The van der Waals surface area contributed by atoms with Gasteiger partial charge >= 0.3 is 0 Å². The number of carbonyl (C=O) groups is 1. The molecule has 4 bridgehead atoms. The van der Waals surface area contributed by atoms with Crippen LogP contribution in [0.1, 0.15) is 49.9 Å². The summed E-state index contributed by atoms with van der Waals surface area (Å²) in [6.45, 7) is 2.62. The highest BCUT2D eigenvalue weighted by molar-refractivity contribution is 5.83. The number of amides is 1.